The number of likely N-dealkylation sites (tertiary alicyclic amines) is 1. The van der Waals surface area contributed by atoms with Crippen LogP contribution in [-0.2, 0) is 11.3 Å². The molecule has 5 heteroatoms. The molecule has 1 atom stereocenters. The number of likely N-dealkylation sites (N-methyl/N-ethyl adjacent to an activating group) is 1. The molecule has 2 N–H and O–H groups in total. The molecule has 0 spiro atoms. The SMILES string of the molecule is Cc1[nH]cnc1CNC1CCN(C)C1=O. The molecule has 1 aliphatic heterocycles. The van der Waals surface area contributed by atoms with Gasteiger partial charge in [0.1, 0.15) is 0 Å². The highest BCUT2D eigenvalue weighted by atomic mass is 16.2. The molecule has 1 aromatic heterocycles. The summed E-state index contributed by atoms with van der Waals surface area (Å²) >= 11 is 0. The average Bonchev–Trinajstić information content (AvgIpc) is 2.74. The normalized spacial score (nSPS) is 21.3. The van der Waals surface area contributed by atoms with E-state index in [0.717, 1.165) is 24.4 Å². The van der Waals surface area contributed by atoms with Gasteiger partial charge in [-0.3, -0.25) is 4.79 Å². The monoisotopic (exact) mass is 208 g/mol. The summed E-state index contributed by atoms with van der Waals surface area (Å²) in [7, 11) is 1.84. The van der Waals surface area contributed by atoms with E-state index in [-0.39, 0.29) is 11.9 Å². The molecular formula is C10H16N4O. The highest BCUT2D eigenvalue weighted by molar-refractivity contribution is 5.83. The fraction of sp³-hybridized carbons (Fsp3) is 0.600. The third kappa shape index (κ3) is 2.02. The second-order valence-electron chi connectivity index (χ2n) is 3.96. The van der Waals surface area contributed by atoms with Crippen LogP contribution in [0.1, 0.15) is 17.8 Å². The van der Waals surface area contributed by atoms with Crippen LogP contribution in [0, 0.1) is 6.92 Å². The maximum atomic E-state index is 11.6. The summed E-state index contributed by atoms with van der Waals surface area (Å²) in [5.41, 5.74) is 2.04. The number of aryl methyl sites for hydroxylation is 1. The molecule has 0 aliphatic carbocycles. The number of imidazole rings is 1. The number of amides is 1. The van der Waals surface area contributed by atoms with E-state index >= 15 is 0 Å². The van der Waals surface area contributed by atoms with Gasteiger partial charge in [-0.2, -0.15) is 0 Å². The van der Waals surface area contributed by atoms with Crippen LogP contribution in [0.3, 0.4) is 0 Å². The minimum atomic E-state index is -0.0360. The maximum Gasteiger partial charge on any atom is 0.239 e. The molecule has 1 saturated heterocycles. The van der Waals surface area contributed by atoms with E-state index in [0.29, 0.717) is 6.54 Å². The number of carbonyl (C=O) groups excluding carboxylic acids is 1. The zero-order chi connectivity index (χ0) is 10.8. The standard InChI is InChI=1S/C10H16N4O/c1-7-9(13-6-12-7)5-11-8-3-4-14(2)10(8)15/h6,8,11H,3-5H2,1-2H3,(H,12,13). The number of hydrogen-bond acceptors (Lipinski definition) is 3. The predicted molar refractivity (Wildman–Crippen MR) is 56.2 cm³/mol. The van der Waals surface area contributed by atoms with Gasteiger partial charge in [0.2, 0.25) is 5.91 Å². The van der Waals surface area contributed by atoms with Crippen molar-refractivity contribution in [2.45, 2.75) is 25.9 Å². The van der Waals surface area contributed by atoms with Crippen LogP contribution in [0.4, 0.5) is 0 Å². The van der Waals surface area contributed by atoms with Crippen molar-refractivity contribution in [3.63, 3.8) is 0 Å². The Hall–Kier alpha value is -1.36. The molecule has 0 aromatic carbocycles. The zero-order valence-corrected chi connectivity index (χ0v) is 9.08. The first-order valence-electron chi connectivity index (χ1n) is 5.15. The molecule has 1 fully saturated rings. The Bertz CT molecular complexity index is 360. The Balaban J connectivity index is 1.89. The first kappa shape index (κ1) is 10.2. The molecule has 0 saturated carbocycles. The van der Waals surface area contributed by atoms with Gasteiger partial charge in [-0.15, -0.1) is 0 Å². The smallest absolute Gasteiger partial charge is 0.239 e. The molecule has 15 heavy (non-hydrogen) atoms. The van der Waals surface area contributed by atoms with Crippen LogP contribution in [0.25, 0.3) is 0 Å². The number of aromatic amines is 1. The molecule has 1 aromatic rings. The van der Waals surface area contributed by atoms with Crippen molar-refractivity contribution in [3.8, 4) is 0 Å². The summed E-state index contributed by atoms with van der Waals surface area (Å²) in [6, 6.07) is -0.0360. The largest absolute Gasteiger partial charge is 0.348 e. The molecule has 1 amide bonds. The lowest BCUT2D eigenvalue weighted by Gasteiger charge is -2.11. The highest BCUT2D eigenvalue weighted by Gasteiger charge is 2.28. The van der Waals surface area contributed by atoms with E-state index in [9.17, 15) is 4.79 Å². The van der Waals surface area contributed by atoms with Crippen molar-refractivity contribution in [1.82, 2.24) is 20.2 Å². The van der Waals surface area contributed by atoms with Crippen molar-refractivity contribution in [3.05, 3.63) is 17.7 Å². The molecule has 0 bridgehead atoms. The van der Waals surface area contributed by atoms with Crippen LogP contribution in [-0.4, -0.2) is 40.4 Å². The Morgan fingerprint density at radius 3 is 3.07 bits per heavy atom. The van der Waals surface area contributed by atoms with Crippen LogP contribution in [0.2, 0.25) is 0 Å². The molecule has 5 nitrogen and oxygen atoms in total. The molecule has 2 heterocycles. The lowest BCUT2D eigenvalue weighted by Crippen LogP contribution is -2.36. The Morgan fingerprint density at radius 2 is 2.53 bits per heavy atom. The highest BCUT2D eigenvalue weighted by Crippen LogP contribution is 2.09. The number of nitrogens with zero attached hydrogens (tertiary/aromatic N) is 2. The Morgan fingerprint density at radius 1 is 1.73 bits per heavy atom. The van der Waals surface area contributed by atoms with Crippen molar-refractivity contribution in [1.29, 1.82) is 0 Å². The average molecular weight is 208 g/mol. The summed E-state index contributed by atoms with van der Waals surface area (Å²) in [5, 5.41) is 3.23. The molecule has 0 radical (unpaired) electrons. The van der Waals surface area contributed by atoms with Gasteiger partial charge >= 0.3 is 0 Å². The number of H-pyrrole nitrogens is 1. The summed E-state index contributed by atoms with van der Waals surface area (Å²) < 4.78 is 0. The van der Waals surface area contributed by atoms with Crippen LogP contribution in [0.5, 0.6) is 0 Å². The van der Waals surface area contributed by atoms with Crippen LogP contribution < -0.4 is 5.32 Å². The van der Waals surface area contributed by atoms with Gasteiger partial charge in [-0.05, 0) is 13.3 Å². The Labute approximate surface area is 88.9 Å². The first-order chi connectivity index (χ1) is 7.18. The molecule has 82 valence electrons. The number of nitrogens with one attached hydrogen (secondary N) is 2. The van der Waals surface area contributed by atoms with E-state index in [1.54, 1.807) is 11.2 Å². The molecule has 1 unspecified atom stereocenters. The van der Waals surface area contributed by atoms with E-state index in [2.05, 4.69) is 15.3 Å². The number of carbonyl (C=O) groups is 1. The summed E-state index contributed by atoms with van der Waals surface area (Å²) in [5.74, 6) is 0.184. The minimum Gasteiger partial charge on any atom is -0.348 e. The number of rotatable bonds is 3. The Kier molecular flexibility index (Phi) is 2.73. The van der Waals surface area contributed by atoms with Gasteiger partial charge in [0.15, 0.2) is 0 Å². The molecular weight excluding hydrogens is 192 g/mol. The minimum absolute atomic E-state index is 0.0360. The van der Waals surface area contributed by atoms with E-state index < -0.39 is 0 Å². The van der Waals surface area contributed by atoms with Gasteiger partial charge in [0.05, 0.1) is 18.1 Å². The van der Waals surface area contributed by atoms with Gasteiger partial charge in [-0.25, -0.2) is 4.98 Å². The van der Waals surface area contributed by atoms with Crippen LogP contribution >= 0.6 is 0 Å². The summed E-state index contributed by atoms with van der Waals surface area (Å²) in [6.07, 6.45) is 2.56. The molecule has 1 aliphatic rings. The lowest BCUT2D eigenvalue weighted by atomic mass is 10.2. The topological polar surface area (TPSA) is 61.0 Å². The van der Waals surface area contributed by atoms with Crippen molar-refractivity contribution in [2.24, 2.45) is 0 Å². The fourth-order valence-electron chi connectivity index (χ4n) is 1.80. The van der Waals surface area contributed by atoms with E-state index in [4.69, 9.17) is 0 Å². The summed E-state index contributed by atoms with van der Waals surface area (Å²) in [4.78, 5) is 20.5. The van der Waals surface area contributed by atoms with Crippen LogP contribution in [0.15, 0.2) is 6.33 Å². The third-order valence-electron chi connectivity index (χ3n) is 2.88. The van der Waals surface area contributed by atoms with Gasteiger partial charge in [0.25, 0.3) is 0 Å². The quantitative estimate of drug-likeness (QED) is 0.737. The van der Waals surface area contributed by atoms with Gasteiger partial charge < -0.3 is 15.2 Å². The second kappa shape index (κ2) is 4.02. The zero-order valence-electron chi connectivity index (χ0n) is 9.08. The van der Waals surface area contributed by atoms with E-state index in [1.807, 2.05) is 14.0 Å². The first-order valence-corrected chi connectivity index (χ1v) is 5.15. The van der Waals surface area contributed by atoms with Crippen molar-refractivity contribution < 1.29 is 4.79 Å². The maximum absolute atomic E-state index is 11.6. The van der Waals surface area contributed by atoms with E-state index in [1.165, 1.54) is 0 Å². The summed E-state index contributed by atoms with van der Waals surface area (Å²) in [6.45, 7) is 3.47. The van der Waals surface area contributed by atoms with Crippen molar-refractivity contribution in [2.75, 3.05) is 13.6 Å². The van der Waals surface area contributed by atoms with Gasteiger partial charge in [-0.1, -0.05) is 0 Å². The second-order valence-corrected chi connectivity index (χ2v) is 3.96. The third-order valence-corrected chi connectivity index (χ3v) is 2.88. The lowest BCUT2D eigenvalue weighted by molar-refractivity contribution is -0.128. The molecule has 2 rings (SSSR count). The van der Waals surface area contributed by atoms with Gasteiger partial charge in [0, 0.05) is 25.8 Å². The fourth-order valence-corrected chi connectivity index (χ4v) is 1.80. The number of hydrogen-bond donors (Lipinski definition) is 2. The number of aromatic nitrogens is 2. The van der Waals surface area contributed by atoms with Crippen molar-refractivity contribution >= 4 is 5.91 Å². The predicted octanol–water partition coefficient (Wildman–Crippen LogP) is 0.0384.